The summed E-state index contributed by atoms with van der Waals surface area (Å²) >= 11 is 1.53. The first kappa shape index (κ1) is 31.8. The average molecular weight is 604 g/mol. The lowest BCUT2D eigenvalue weighted by atomic mass is 10.00. The molecule has 2 aromatic heterocycles. The van der Waals surface area contributed by atoms with Crippen molar-refractivity contribution in [2.45, 2.75) is 91.8 Å². The summed E-state index contributed by atoms with van der Waals surface area (Å²) in [5.74, 6) is 0.370. The summed E-state index contributed by atoms with van der Waals surface area (Å²) < 4.78 is 5.56. The molecule has 0 bridgehead atoms. The minimum absolute atomic E-state index is 0.0950. The van der Waals surface area contributed by atoms with E-state index in [2.05, 4.69) is 49.7 Å². The van der Waals surface area contributed by atoms with Crippen LogP contribution in [-0.4, -0.2) is 42.9 Å². The first-order valence-electron chi connectivity index (χ1n) is 14.6. The number of unbranched alkanes of at least 4 members (excludes halogenated alkanes) is 1. The Balaban J connectivity index is 1.20. The van der Waals surface area contributed by atoms with E-state index in [1.807, 2.05) is 52.8 Å². The fourth-order valence-electron chi connectivity index (χ4n) is 4.63. The highest BCUT2D eigenvalue weighted by molar-refractivity contribution is 7.15. The van der Waals surface area contributed by atoms with Crippen molar-refractivity contribution in [3.8, 4) is 0 Å². The topological polar surface area (TPSA) is 122 Å². The molecule has 0 spiro atoms. The molecule has 0 atom stereocenters. The van der Waals surface area contributed by atoms with Gasteiger partial charge < -0.3 is 15.4 Å². The van der Waals surface area contributed by atoms with Gasteiger partial charge in [-0.1, -0.05) is 47.8 Å². The number of hydrogen-bond acceptors (Lipinski definition) is 9. The molecule has 11 heteroatoms. The summed E-state index contributed by atoms with van der Waals surface area (Å²) in [7, 11) is 0. The third-order valence-corrected chi connectivity index (χ3v) is 7.78. The number of carbonyl (C=O) groups excluding carboxylic acids is 2. The first-order chi connectivity index (χ1) is 20.5. The van der Waals surface area contributed by atoms with Crippen LogP contribution in [0.25, 0.3) is 0 Å². The maximum absolute atomic E-state index is 12.6. The minimum Gasteiger partial charge on any atom is -0.444 e. The monoisotopic (exact) mass is 603 g/mol. The van der Waals surface area contributed by atoms with Crippen molar-refractivity contribution in [2.75, 3.05) is 10.6 Å². The van der Waals surface area contributed by atoms with Crippen molar-refractivity contribution in [1.82, 2.24) is 25.3 Å². The molecule has 0 saturated heterocycles. The highest BCUT2D eigenvalue weighted by Gasteiger charge is 2.29. The Morgan fingerprint density at radius 3 is 2.56 bits per heavy atom. The summed E-state index contributed by atoms with van der Waals surface area (Å²) in [4.78, 5) is 26.3. The lowest BCUT2D eigenvalue weighted by molar-refractivity contribution is -0.115. The Morgan fingerprint density at radius 2 is 1.84 bits per heavy atom. The van der Waals surface area contributed by atoms with Crippen molar-refractivity contribution in [1.29, 1.82) is 0 Å². The zero-order valence-electron chi connectivity index (χ0n) is 25.7. The van der Waals surface area contributed by atoms with Crippen molar-refractivity contribution in [3.05, 3.63) is 81.6 Å². The van der Waals surface area contributed by atoms with Crippen LogP contribution in [0.2, 0.25) is 0 Å². The van der Waals surface area contributed by atoms with Crippen LogP contribution in [0.3, 0.4) is 0 Å². The van der Waals surface area contributed by atoms with Crippen LogP contribution in [0.5, 0.6) is 0 Å². The number of allylic oxidation sites excluding steroid dienone is 2. The third-order valence-electron chi connectivity index (χ3n) is 6.88. The fraction of sp³-hybridized carbons (Fsp3) is 0.438. The number of hydrogen-bond donors (Lipinski definition) is 2. The highest BCUT2D eigenvalue weighted by atomic mass is 32.1. The summed E-state index contributed by atoms with van der Waals surface area (Å²) in [5, 5.41) is 24.8. The molecule has 2 amide bonds. The predicted molar refractivity (Wildman–Crippen MR) is 170 cm³/mol. The number of carbonyl (C=O) groups is 2. The molecule has 2 N–H and O–H groups in total. The van der Waals surface area contributed by atoms with Gasteiger partial charge in [-0.25, -0.2) is 4.79 Å². The zero-order chi connectivity index (χ0) is 31.0. The number of aryl methyl sites for hydroxylation is 2. The van der Waals surface area contributed by atoms with Crippen molar-refractivity contribution in [3.63, 3.8) is 0 Å². The van der Waals surface area contributed by atoms with Gasteiger partial charge in [0.25, 0.3) is 0 Å². The summed E-state index contributed by atoms with van der Waals surface area (Å²) in [5.41, 5.74) is 5.61. The molecule has 0 unspecified atom stereocenters. The summed E-state index contributed by atoms with van der Waals surface area (Å²) in [6, 6.07) is 9.86. The lowest BCUT2D eigenvalue weighted by Crippen LogP contribution is -2.33. The van der Waals surface area contributed by atoms with Crippen LogP contribution in [0.1, 0.15) is 81.3 Å². The van der Waals surface area contributed by atoms with Gasteiger partial charge in [0.1, 0.15) is 10.6 Å². The third kappa shape index (κ3) is 9.71. The molecule has 1 aliphatic heterocycles. The molecule has 1 aliphatic rings. The Morgan fingerprint density at radius 1 is 1.05 bits per heavy atom. The van der Waals surface area contributed by atoms with Crippen molar-refractivity contribution in [2.24, 2.45) is 0 Å². The van der Waals surface area contributed by atoms with Crippen molar-refractivity contribution >= 4 is 34.3 Å². The minimum atomic E-state index is -0.527. The van der Waals surface area contributed by atoms with E-state index in [4.69, 9.17) is 4.74 Å². The van der Waals surface area contributed by atoms with Gasteiger partial charge in [0.15, 0.2) is 5.82 Å². The Labute approximate surface area is 257 Å². The molecule has 3 heterocycles. The SMILES string of the molecule is C=C(Cc1cccc2c1CN(C(=O)OC(C)(C)C)C2)Nc1nnc(CCCCc2ccc(NC(=O)C/C(C)=C/C)nn2)s1. The largest absolute Gasteiger partial charge is 0.444 e. The van der Waals surface area contributed by atoms with Gasteiger partial charge in [0.2, 0.25) is 11.0 Å². The van der Waals surface area contributed by atoms with E-state index < -0.39 is 5.60 Å². The molecule has 0 fully saturated rings. The normalized spacial score (nSPS) is 13.0. The molecule has 1 aromatic carbocycles. The highest BCUT2D eigenvalue weighted by Crippen LogP contribution is 2.29. The number of aromatic nitrogens is 4. The summed E-state index contributed by atoms with van der Waals surface area (Å²) in [6.45, 7) is 14.8. The molecular formula is C32H41N7O3S. The van der Waals surface area contributed by atoms with Gasteiger partial charge in [0, 0.05) is 38.0 Å². The Hall–Kier alpha value is -4.12. The number of anilines is 2. The summed E-state index contributed by atoms with van der Waals surface area (Å²) in [6.07, 6.45) is 6.11. The maximum atomic E-state index is 12.6. The van der Waals surface area contributed by atoms with Crippen LogP contribution in [0, 0.1) is 0 Å². The molecule has 0 saturated carbocycles. The van der Waals surface area contributed by atoms with Gasteiger partial charge in [-0.3, -0.25) is 9.69 Å². The first-order valence-corrected chi connectivity index (χ1v) is 15.4. The van der Waals surface area contributed by atoms with Crippen LogP contribution in [0.4, 0.5) is 15.7 Å². The van der Waals surface area contributed by atoms with Crippen LogP contribution >= 0.6 is 11.3 Å². The molecule has 0 aliphatic carbocycles. The fourth-order valence-corrected chi connectivity index (χ4v) is 5.46. The molecule has 43 heavy (non-hydrogen) atoms. The quantitative estimate of drug-likeness (QED) is 0.175. The van der Waals surface area contributed by atoms with Crippen LogP contribution in [-0.2, 0) is 41.9 Å². The second-order valence-electron chi connectivity index (χ2n) is 11.8. The number of nitrogens with zero attached hydrogens (tertiary/aromatic N) is 5. The number of nitrogens with one attached hydrogen (secondary N) is 2. The van der Waals surface area contributed by atoms with E-state index in [9.17, 15) is 9.59 Å². The number of fused-ring (bicyclic) bond motifs is 1. The second-order valence-corrected chi connectivity index (χ2v) is 12.8. The van der Waals surface area contributed by atoms with Gasteiger partial charge in [0.05, 0.1) is 5.69 Å². The second kappa shape index (κ2) is 14.4. The Kier molecular flexibility index (Phi) is 10.6. The Bertz CT molecular complexity index is 1470. The number of rotatable bonds is 12. The number of ether oxygens (including phenoxy) is 1. The predicted octanol–water partition coefficient (Wildman–Crippen LogP) is 6.61. The van der Waals surface area contributed by atoms with E-state index in [0.29, 0.717) is 31.7 Å². The zero-order valence-corrected chi connectivity index (χ0v) is 26.5. The molecular weight excluding hydrogens is 562 g/mol. The van der Waals surface area contributed by atoms with Gasteiger partial charge in [-0.05, 0) is 82.7 Å². The maximum Gasteiger partial charge on any atom is 0.410 e. The van der Waals surface area contributed by atoms with E-state index in [-0.39, 0.29) is 12.0 Å². The standard InChI is InChI=1S/C32H41N7O3S/c1-7-21(2)17-28(40)34-27-16-15-25(35-36-27)13-8-9-14-29-37-38-30(43-29)33-22(3)18-23-11-10-12-24-19-39(20-26(23)24)31(41)42-32(4,5)6/h7,10-12,15-16H,3,8-9,13-14,17-20H2,1-2,4-6H3,(H,33,38)(H,34,36,40)/b21-7+. The van der Waals surface area contributed by atoms with Gasteiger partial charge >= 0.3 is 6.09 Å². The number of benzene rings is 1. The van der Waals surface area contributed by atoms with E-state index in [0.717, 1.165) is 69.5 Å². The molecule has 4 rings (SSSR count). The van der Waals surface area contributed by atoms with Crippen LogP contribution in [0.15, 0.2) is 54.3 Å². The van der Waals surface area contributed by atoms with Gasteiger partial charge in [-0.2, -0.15) is 5.10 Å². The molecule has 10 nitrogen and oxygen atoms in total. The molecule has 0 radical (unpaired) electrons. The molecule has 3 aromatic rings. The van der Waals surface area contributed by atoms with Gasteiger partial charge in [-0.15, -0.1) is 15.3 Å². The smallest absolute Gasteiger partial charge is 0.410 e. The lowest BCUT2D eigenvalue weighted by Gasteiger charge is -2.24. The van der Waals surface area contributed by atoms with E-state index in [1.54, 1.807) is 11.0 Å². The number of amides is 2. The van der Waals surface area contributed by atoms with E-state index in [1.165, 1.54) is 11.3 Å². The van der Waals surface area contributed by atoms with Crippen molar-refractivity contribution < 1.29 is 14.3 Å². The van der Waals surface area contributed by atoms with E-state index >= 15 is 0 Å². The molecule has 228 valence electrons. The van der Waals surface area contributed by atoms with Crippen LogP contribution < -0.4 is 10.6 Å². The average Bonchev–Trinajstić information content (AvgIpc) is 3.58.